The van der Waals surface area contributed by atoms with E-state index >= 15 is 0 Å². The summed E-state index contributed by atoms with van der Waals surface area (Å²) in [4.78, 5) is 13.7. The van der Waals surface area contributed by atoms with Gasteiger partial charge in [0.1, 0.15) is 0 Å². The number of benzene rings is 1. The molecule has 0 N–H and O–H groups in total. The predicted molar refractivity (Wildman–Crippen MR) is 77.6 cm³/mol. The van der Waals surface area contributed by atoms with Crippen molar-refractivity contribution in [1.82, 2.24) is 4.90 Å². The van der Waals surface area contributed by atoms with Gasteiger partial charge in [-0.1, -0.05) is 11.6 Å². The molecule has 0 bridgehead atoms. The monoisotopic (exact) mass is 367 g/mol. The third kappa shape index (κ3) is 4.44. The lowest BCUT2D eigenvalue weighted by molar-refractivity contribution is 0.0779. The lowest BCUT2D eigenvalue weighted by Crippen LogP contribution is -2.28. The molecular weight excluding hydrogens is 352 g/mol. The quantitative estimate of drug-likeness (QED) is 0.591. The minimum atomic E-state index is -0.0144. The first-order valence-electron chi connectivity index (χ1n) is 5.25. The number of carbonyl (C=O) groups is 1. The zero-order valence-corrected chi connectivity index (χ0v) is 12.8. The Labute approximate surface area is 120 Å². The summed E-state index contributed by atoms with van der Waals surface area (Å²) in [5.41, 5.74) is 0.621. The summed E-state index contributed by atoms with van der Waals surface area (Å²) < 4.78 is 5.90. The highest BCUT2D eigenvalue weighted by Crippen LogP contribution is 2.20. The van der Waals surface area contributed by atoms with Gasteiger partial charge in [0.05, 0.1) is 5.02 Å². The Morgan fingerprint density at radius 1 is 1.53 bits per heavy atom. The van der Waals surface area contributed by atoms with Crippen molar-refractivity contribution in [2.45, 2.75) is 6.42 Å². The largest absolute Gasteiger partial charge is 0.385 e. The third-order valence-electron chi connectivity index (χ3n) is 2.36. The van der Waals surface area contributed by atoms with Gasteiger partial charge in [-0.15, -0.1) is 0 Å². The molecular formula is C12H15ClINO2. The van der Waals surface area contributed by atoms with Gasteiger partial charge < -0.3 is 9.64 Å². The van der Waals surface area contributed by atoms with Gasteiger partial charge in [0.25, 0.3) is 5.91 Å². The maximum absolute atomic E-state index is 12.0. The molecule has 1 rings (SSSR count). The van der Waals surface area contributed by atoms with Gasteiger partial charge in [-0.3, -0.25) is 4.79 Å². The number of carbonyl (C=O) groups excluding carboxylic acids is 1. The molecule has 0 aromatic heterocycles. The number of halogens is 2. The van der Waals surface area contributed by atoms with E-state index in [1.807, 2.05) is 6.07 Å². The summed E-state index contributed by atoms with van der Waals surface area (Å²) in [5.74, 6) is -0.0144. The Bertz CT molecular complexity index is 398. The fourth-order valence-electron chi connectivity index (χ4n) is 1.40. The van der Waals surface area contributed by atoms with E-state index in [1.165, 1.54) is 0 Å². The van der Waals surface area contributed by atoms with Crippen molar-refractivity contribution in [2.75, 3.05) is 27.3 Å². The average molecular weight is 368 g/mol. The highest BCUT2D eigenvalue weighted by atomic mass is 127. The molecule has 0 aliphatic rings. The van der Waals surface area contributed by atoms with Crippen molar-refractivity contribution in [1.29, 1.82) is 0 Å². The molecule has 0 saturated heterocycles. The molecule has 1 amide bonds. The summed E-state index contributed by atoms with van der Waals surface area (Å²) in [6.45, 7) is 1.33. The Balaban J connectivity index is 2.65. The molecule has 0 fully saturated rings. The summed E-state index contributed by atoms with van der Waals surface area (Å²) in [7, 11) is 3.44. The Hall–Kier alpha value is -0.330. The third-order valence-corrected chi connectivity index (χ3v) is 3.93. The van der Waals surface area contributed by atoms with Crippen molar-refractivity contribution in [2.24, 2.45) is 0 Å². The average Bonchev–Trinajstić information content (AvgIpc) is 2.32. The number of hydrogen-bond acceptors (Lipinski definition) is 2. The molecule has 0 aliphatic heterocycles. The van der Waals surface area contributed by atoms with Crippen molar-refractivity contribution in [3.8, 4) is 0 Å². The van der Waals surface area contributed by atoms with Crippen LogP contribution in [0.15, 0.2) is 18.2 Å². The molecule has 0 atom stereocenters. The predicted octanol–water partition coefficient (Wildman–Crippen LogP) is 3.05. The van der Waals surface area contributed by atoms with Gasteiger partial charge in [0, 0.05) is 36.4 Å². The first kappa shape index (κ1) is 14.7. The molecule has 17 heavy (non-hydrogen) atoms. The van der Waals surface area contributed by atoms with Crippen LogP contribution in [0, 0.1) is 3.57 Å². The Kier molecular flexibility index (Phi) is 6.22. The van der Waals surface area contributed by atoms with Gasteiger partial charge in [0.2, 0.25) is 0 Å². The van der Waals surface area contributed by atoms with E-state index in [-0.39, 0.29) is 5.91 Å². The SMILES string of the molecule is COCCCN(C)C(=O)c1ccc(I)c(Cl)c1. The molecule has 0 spiro atoms. The number of ether oxygens (including phenoxy) is 1. The molecule has 0 saturated carbocycles. The molecule has 1 aromatic carbocycles. The topological polar surface area (TPSA) is 29.5 Å². The van der Waals surface area contributed by atoms with Crippen LogP contribution in [0.2, 0.25) is 5.02 Å². The van der Waals surface area contributed by atoms with E-state index in [4.69, 9.17) is 16.3 Å². The van der Waals surface area contributed by atoms with Crippen LogP contribution < -0.4 is 0 Å². The summed E-state index contributed by atoms with van der Waals surface area (Å²) in [6, 6.07) is 5.35. The van der Waals surface area contributed by atoms with Crippen LogP contribution in [0.1, 0.15) is 16.8 Å². The molecule has 94 valence electrons. The first-order chi connectivity index (χ1) is 8.06. The normalized spacial score (nSPS) is 10.4. The van der Waals surface area contributed by atoms with Crippen LogP contribution in [-0.4, -0.2) is 38.1 Å². The molecule has 0 radical (unpaired) electrons. The van der Waals surface area contributed by atoms with Crippen molar-refractivity contribution < 1.29 is 9.53 Å². The van der Waals surface area contributed by atoms with Crippen LogP contribution in [0.25, 0.3) is 0 Å². The second kappa shape index (κ2) is 7.18. The van der Waals surface area contributed by atoms with E-state index < -0.39 is 0 Å². The minimum Gasteiger partial charge on any atom is -0.385 e. The van der Waals surface area contributed by atoms with E-state index in [2.05, 4.69) is 22.6 Å². The van der Waals surface area contributed by atoms with Gasteiger partial charge in [-0.05, 0) is 47.2 Å². The fraction of sp³-hybridized carbons (Fsp3) is 0.417. The Morgan fingerprint density at radius 2 is 2.24 bits per heavy atom. The van der Waals surface area contributed by atoms with Crippen LogP contribution in [0.5, 0.6) is 0 Å². The van der Waals surface area contributed by atoms with Gasteiger partial charge in [0.15, 0.2) is 0 Å². The second-order valence-corrected chi connectivity index (χ2v) is 5.27. The molecule has 0 aliphatic carbocycles. The molecule has 0 unspecified atom stereocenters. The van der Waals surface area contributed by atoms with Crippen molar-refractivity contribution in [3.63, 3.8) is 0 Å². The highest BCUT2D eigenvalue weighted by Gasteiger charge is 2.12. The smallest absolute Gasteiger partial charge is 0.253 e. The number of methoxy groups -OCH3 is 1. The molecule has 3 nitrogen and oxygen atoms in total. The second-order valence-electron chi connectivity index (χ2n) is 3.70. The van der Waals surface area contributed by atoms with Crippen LogP contribution >= 0.6 is 34.2 Å². The van der Waals surface area contributed by atoms with E-state index in [1.54, 1.807) is 31.2 Å². The fourth-order valence-corrected chi connectivity index (χ4v) is 1.91. The molecule has 0 heterocycles. The van der Waals surface area contributed by atoms with Crippen LogP contribution in [0.3, 0.4) is 0 Å². The maximum Gasteiger partial charge on any atom is 0.253 e. The number of nitrogens with zero attached hydrogens (tertiary/aromatic N) is 1. The highest BCUT2D eigenvalue weighted by molar-refractivity contribution is 14.1. The van der Waals surface area contributed by atoms with E-state index in [0.29, 0.717) is 23.7 Å². The van der Waals surface area contributed by atoms with Crippen LogP contribution in [0.4, 0.5) is 0 Å². The minimum absolute atomic E-state index is 0.0144. The number of amides is 1. The summed E-state index contributed by atoms with van der Waals surface area (Å²) >= 11 is 8.13. The van der Waals surface area contributed by atoms with E-state index in [0.717, 1.165) is 9.99 Å². The lowest BCUT2D eigenvalue weighted by atomic mass is 10.2. The number of rotatable bonds is 5. The van der Waals surface area contributed by atoms with Crippen molar-refractivity contribution in [3.05, 3.63) is 32.4 Å². The molecule has 5 heteroatoms. The van der Waals surface area contributed by atoms with Gasteiger partial charge >= 0.3 is 0 Å². The van der Waals surface area contributed by atoms with Gasteiger partial charge in [-0.25, -0.2) is 0 Å². The van der Waals surface area contributed by atoms with Crippen LogP contribution in [-0.2, 0) is 4.74 Å². The Morgan fingerprint density at radius 3 is 2.82 bits per heavy atom. The van der Waals surface area contributed by atoms with Crippen molar-refractivity contribution >= 4 is 40.1 Å². The lowest BCUT2D eigenvalue weighted by Gasteiger charge is -2.17. The zero-order chi connectivity index (χ0) is 12.8. The summed E-state index contributed by atoms with van der Waals surface area (Å²) in [5, 5.41) is 0.613. The summed E-state index contributed by atoms with van der Waals surface area (Å²) in [6.07, 6.45) is 0.830. The molecule has 1 aromatic rings. The van der Waals surface area contributed by atoms with Gasteiger partial charge in [-0.2, -0.15) is 0 Å². The first-order valence-corrected chi connectivity index (χ1v) is 6.71. The number of hydrogen-bond donors (Lipinski definition) is 0. The maximum atomic E-state index is 12.0. The van der Waals surface area contributed by atoms with E-state index in [9.17, 15) is 4.79 Å². The zero-order valence-electron chi connectivity index (χ0n) is 9.87. The standard InChI is InChI=1S/C12H15ClINO2/c1-15(6-3-7-17-2)12(16)9-4-5-11(14)10(13)8-9/h4-5,8H,3,6-7H2,1-2H3.